The normalized spacial score (nSPS) is 10.8. The standard InChI is InChI=1S/C20H22N2O4S/c1-5-22-15-9-7-6-8-14(15)21-20(22)27-12-16(23)13-10-17(24-2)19(26-4)18(11-13)25-3/h6-11H,5,12H2,1-4H3. The molecule has 0 saturated carbocycles. The molecule has 0 amide bonds. The molecule has 27 heavy (non-hydrogen) atoms. The fourth-order valence-electron chi connectivity index (χ4n) is 2.92. The fourth-order valence-corrected chi connectivity index (χ4v) is 3.90. The Bertz CT molecular complexity index is 943. The van der Waals surface area contributed by atoms with Gasteiger partial charge in [0.1, 0.15) is 0 Å². The minimum atomic E-state index is -0.0334. The van der Waals surface area contributed by atoms with Crippen LogP contribution in [0.15, 0.2) is 41.6 Å². The molecule has 6 nitrogen and oxygen atoms in total. The number of fused-ring (bicyclic) bond motifs is 1. The van der Waals surface area contributed by atoms with Gasteiger partial charge in [-0.25, -0.2) is 4.98 Å². The molecule has 0 N–H and O–H groups in total. The van der Waals surface area contributed by atoms with Crippen LogP contribution in [0, 0.1) is 0 Å². The van der Waals surface area contributed by atoms with E-state index < -0.39 is 0 Å². The summed E-state index contributed by atoms with van der Waals surface area (Å²) in [4.78, 5) is 17.4. The summed E-state index contributed by atoms with van der Waals surface area (Å²) in [5.41, 5.74) is 2.51. The van der Waals surface area contributed by atoms with Crippen LogP contribution >= 0.6 is 11.8 Å². The minimum Gasteiger partial charge on any atom is -0.493 e. The first-order valence-corrected chi connectivity index (χ1v) is 9.52. The summed E-state index contributed by atoms with van der Waals surface area (Å²) in [7, 11) is 4.60. The summed E-state index contributed by atoms with van der Waals surface area (Å²) >= 11 is 1.43. The number of ether oxygens (including phenoxy) is 3. The zero-order valence-corrected chi connectivity index (χ0v) is 16.6. The lowest BCUT2D eigenvalue weighted by atomic mass is 10.1. The quantitative estimate of drug-likeness (QED) is 0.430. The van der Waals surface area contributed by atoms with Gasteiger partial charge in [0.15, 0.2) is 22.4 Å². The van der Waals surface area contributed by atoms with Crippen molar-refractivity contribution in [3.8, 4) is 17.2 Å². The number of thioether (sulfide) groups is 1. The van der Waals surface area contributed by atoms with Gasteiger partial charge in [-0.15, -0.1) is 0 Å². The number of rotatable bonds is 8. The first kappa shape index (κ1) is 19.1. The lowest BCUT2D eigenvalue weighted by Gasteiger charge is -2.13. The third kappa shape index (κ3) is 3.73. The molecule has 0 aliphatic carbocycles. The van der Waals surface area contributed by atoms with Crippen molar-refractivity contribution >= 4 is 28.6 Å². The van der Waals surface area contributed by atoms with Gasteiger partial charge in [0, 0.05) is 12.1 Å². The molecule has 0 atom stereocenters. The predicted molar refractivity (Wildman–Crippen MR) is 107 cm³/mol. The first-order chi connectivity index (χ1) is 13.1. The second-order valence-electron chi connectivity index (χ2n) is 5.75. The Labute approximate surface area is 162 Å². The van der Waals surface area contributed by atoms with E-state index in [0.29, 0.717) is 22.8 Å². The molecule has 0 bridgehead atoms. The van der Waals surface area contributed by atoms with Crippen LogP contribution in [0.4, 0.5) is 0 Å². The fraction of sp³-hybridized carbons (Fsp3) is 0.300. The van der Waals surface area contributed by atoms with Crippen molar-refractivity contribution in [3.05, 3.63) is 42.0 Å². The molecular weight excluding hydrogens is 364 g/mol. The number of hydrogen-bond acceptors (Lipinski definition) is 6. The van der Waals surface area contributed by atoms with Crippen LogP contribution in [0.5, 0.6) is 17.2 Å². The SMILES string of the molecule is CCn1c(SCC(=O)c2cc(OC)c(OC)c(OC)c2)nc2ccccc21. The van der Waals surface area contributed by atoms with Crippen molar-refractivity contribution in [2.45, 2.75) is 18.6 Å². The molecule has 0 radical (unpaired) electrons. The second kappa shape index (κ2) is 8.35. The third-order valence-corrected chi connectivity index (χ3v) is 5.23. The van der Waals surface area contributed by atoms with Crippen LogP contribution in [0.3, 0.4) is 0 Å². The number of carbonyl (C=O) groups excluding carboxylic acids is 1. The highest BCUT2D eigenvalue weighted by Crippen LogP contribution is 2.38. The molecule has 0 spiro atoms. The van der Waals surface area contributed by atoms with Crippen molar-refractivity contribution in [2.75, 3.05) is 27.1 Å². The van der Waals surface area contributed by atoms with E-state index in [1.807, 2.05) is 24.3 Å². The summed E-state index contributed by atoms with van der Waals surface area (Å²) in [6.45, 7) is 2.86. The summed E-state index contributed by atoms with van der Waals surface area (Å²) in [6.07, 6.45) is 0. The second-order valence-corrected chi connectivity index (χ2v) is 6.70. The van der Waals surface area contributed by atoms with Gasteiger partial charge in [-0.2, -0.15) is 0 Å². The van der Waals surface area contributed by atoms with Gasteiger partial charge in [-0.1, -0.05) is 23.9 Å². The average Bonchev–Trinajstić information content (AvgIpc) is 3.08. The number of para-hydroxylation sites is 2. The Morgan fingerprint density at radius 2 is 1.74 bits per heavy atom. The molecule has 0 unspecified atom stereocenters. The average molecular weight is 386 g/mol. The Hall–Kier alpha value is -2.67. The number of hydrogen-bond donors (Lipinski definition) is 0. The molecule has 2 aromatic carbocycles. The number of Topliss-reactive ketones (excluding diaryl/α,β-unsaturated/α-hetero) is 1. The molecular formula is C20H22N2O4S. The van der Waals surface area contributed by atoms with Gasteiger partial charge < -0.3 is 18.8 Å². The molecule has 142 valence electrons. The van der Waals surface area contributed by atoms with E-state index in [-0.39, 0.29) is 11.5 Å². The predicted octanol–water partition coefficient (Wildman–Crippen LogP) is 4.06. The van der Waals surface area contributed by atoms with E-state index >= 15 is 0 Å². The molecule has 7 heteroatoms. The van der Waals surface area contributed by atoms with Crippen molar-refractivity contribution in [2.24, 2.45) is 0 Å². The maximum atomic E-state index is 12.8. The molecule has 1 heterocycles. The van der Waals surface area contributed by atoms with Crippen molar-refractivity contribution in [1.29, 1.82) is 0 Å². The molecule has 0 aliphatic rings. The van der Waals surface area contributed by atoms with Crippen LogP contribution < -0.4 is 14.2 Å². The van der Waals surface area contributed by atoms with Crippen molar-refractivity contribution in [1.82, 2.24) is 9.55 Å². The van der Waals surface area contributed by atoms with Crippen LogP contribution in [0.1, 0.15) is 17.3 Å². The highest BCUT2D eigenvalue weighted by molar-refractivity contribution is 7.99. The Morgan fingerprint density at radius 3 is 2.33 bits per heavy atom. The molecule has 0 aliphatic heterocycles. The zero-order valence-electron chi connectivity index (χ0n) is 15.8. The lowest BCUT2D eigenvalue weighted by Crippen LogP contribution is -2.06. The number of ketones is 1. The summed E-state index contributed by atoms with van der Waals surface area (Å²) in [5, 5.41) is 0.833. The summed E-state index contributed by atoms with van der Waals surface area (Å²) < 4.78 is 18.1. The van der Waals surface area contributed by atoms with Crippen LogP contribution in [-0.2, 0) is 6.54 Å². The van der Waals surface area contributed by atoms with Crippen LogP contribution in [0.25, 0.3) is 11.0 Å². The number of methoxy groups -OCH3 is 3. The minimum absolute atomic E-state index is 0.0334. The Morgan fingerprint density at radius 1 is 1.07 bits per heavy atom. The van der Waals surface area contributed by atoms with Crippen molar-refractivity contribution < 1.29 is 19.0 Å². The highest BCUT2D eigenvalue weighted by atomic mass is 32.2. The van der Waals surface area contributed by atoms with Crippen LogP contribution in [0.2, 0.25) is 0 Å². The van der Waals surface area contributed by atoms with Gasteiger partial charge in [-0.05, 0) is 31.2 Å². The topological polar surface area (TPSA) is 62.6 Å². The monoisotopic (exact) mass is 386 g/mol. The maximum Gasteiger partial charge on any atom is 0.203 e. The Kier molecular flexibility index (Phi) is 5.91. The van der Waals surface area contributed by atoms with E-state index in [9.17, 15) is 4.79 Å². The van der Waals surface area contributed by atoms with E-state index in [1.54, 1.807) is 12.1 Å². The van der Waals surface area contributed by atoms with E-state index in [4.69, 9.17) is 14.2 Å². The first-order valence-electron chi connectivity index (χ1n) is 8.54. The van der Waals surface area contributed by atoms with E-state index in [0.717, 1.165) is 22.7 Å². The van der Waals surface area contributed by atoms with Gasteiger partial charge >= 0.3 is 0 Å². The number of benzene rings is 2. The molecule has 3 rings (SSSR count). The van der Waals surface area contributed by atoms with Gasteiger partial charge in [-0.3, -0.25) is 4.79 Å². The molecule has 0 saturated heterocycles. The van der Waals surface area contributed by atoms with Crippen LogP contribution in [-0.4, -0.2) is 42.4 Å². The van der Waals surface area contributed by atoms with Crippen molar-refractivity contribution in [3.63, 3.8) is 0 Å². The Balaban J connectivity index is 1.84. The number of carbonyl (C=O) groups is 1. The number of aryl methyl sites for hydroxylation is 1. The number of imidazole rings is 1. The maximum absolute atomic E-state index is 12.8. The largest absolute Gasteiger partial charge is 0.493 e. The van der Waals surface area contributed by atoms with E-state index in [1.165, 1.54) is 33.1 Å². The van der Waals surface area contributed by atoms with Gasteiger partial charge in [0.2, 0.25) is 5.75 Å². The zero-order chi connectivity index (χ0) is 19.4. The van der Waals surface area contributed by atoms with E-state index in [2.05, 4.69) is 16.5 Å². The molecule has 0 fully saturated rings. The van der Waals surface area contributed by atoms with Gasteiger partial charge in [0.25, 0.3) is 0 Å². The third-order valence-electron chi connectivity index (χ3n) is 4.25. The summed E-state index contributed by atoms with van der Waals surface area (Å²) in [5.74, 6) is 1.63. The number of aromatic nitrogens is 2. The molecule has 1 aromatic heterocycles. The lowest BCUT2D eigenvalue weighted by molar-refractivity contribution is 0.102. The summed E-state index contributed by atoms with van der Waals surface area (Å²) in [6, 6.07) is 11.3. The smallest absolute Gasteiger partial charge is 0.203 e. The molecule has 3 aromatic rings. The highest BCUT2D eigenvalue weighted by Gasteiger charge is 2.18. The van der Waals surface area contributed by atoms with Gasteiger partial charge in [0.05, 0.1) is 38.1 Å². The number of nitrogens with zero attached hydrogens (tertiary/aromatic N) is 2.